The van der Waals surface area contributed by atoms with Gasteiger partial charge in [-0.25, -0.2) is 0 Å². The Kier molecular flexibility index (Phi) is 9.27. The van der Waals surface area contributed by atoms with Gasteiger partial charge in [0, 0.05) is 37.6 Å². The van der Waals surface area contributed by atoms with Crippen LogP contribution in [0, 0.1) is 11.8 Å². The molecule has 2 bridgehead atoms. The van der Waals surface area contributed by atoms with Crippen LogP contribution in [0.25, 0.3) is 0 Å². The molecule has 234 valence electrons. The molecule has 3 heterocycles. The zero-order valence-corrected chi connectivity index (χ0v) is 25.7. The summed E-state index contributed by atoms with van der Waals surface area (Å²) < 4.78 is 12.3. The number of ether oxygens (including phenoxy) is 2. The van der Waals surface area contributed by atoms with Crippen molar-refractivity contribution in [2.75, 3.05) is 43.2 Å². The van der Waals surface area contributed by atoms with E-state index in [0.29, 0.717) is 43.5 Å². The molecule has 1 N–H and O–H groups in total. The molecule has 3 saturated heterocycles. The summed E-state index contributed by atoms with van der Waals surface area (Å²) >= 11 is 0. The molecule has 2 unspecified atom stereocenters. The van der Waals surface area contributed by atoms with Crippen molar-refractivity contribution in [3.63, 3.8) is 0 Å². The maximum Gasteiger partial charge on any atom is 0.253 e. The third-order valence-electron chi connectivity index (χ3n) is 9.60. The van der Waals surface area contributed by atoms with E-state index in [4.69, 9.17) is 9.47 Å². The van der Waals surface area contributed by atoms with E-state index >= 15 is 0 Å². The largest absolute Gasteiger partial charge is 0.497 e. The van der Waals surface area contributed by atoms with Crippen LogP contribution < -0.4 is 14.5 Å². The van der Waals surface area contributed by atoms with Crippen LogP contribution in [0.1, 0.15) is 39.0 Å². The van der Waals surface area contributed by atoms with Gasteiger partial charge in [-0.3, -0.25) is 14.4 Å². The van der Waals surface area contributed by atoms with Crippen LogP contribution in [-0.4, -0.2) is 78.3 Å². The number of anilines is 2. The van der Waals surface area contributed by atoms with Crippen LogP contribution in [-0.2, 0) is 19.1 Å². The van der Waals surface area contributed by atoms with Gasteiger partial charge in [0.2, 0.25) is 11.8 Å². The SMILES string of the molecule is C=CCN(C(=O)C1N(CCCCO)C(=O)[C@@H]2[C@@H](C(=O)N(CC=C)c3ccccc3)[C@@]3(CC)CCC12O3)c1ccc(OC)cc1. The summed E-state index contributed by atoms with van der Waals surface area (Å²) in [5, 5.41) is 9.51. The number of benzene rings is 2. The van der Waals surface area contributed by atoms with Gasteiger partial charge in [0.15, 0.2) is 0 Å². The van der Waals surface area contributed by atoms with Gasteiger partial charge in [0.05, 0.1) is 24.5 Å². The minimum Gasteiger partial charge on any atom is -0.497 e. The number of rotatable bonds is 14. The van der Waals surface area contributed by atoms with Gasteiger partial charge in [0.1, 0.15) is 17.4 Å². The zero-order chi connectivity index (χ0) is 31.5. The van der Waals surface area contributed by atoms with E-state index in [0.717, 1.165) is 5.69 Å². The fourth-order valence-electron chi connectivity index (χ4n) is 7.60. The van der Waals surface area contributed by atoms with E-state index in [1.807, 2.05) is 49.4 Å². The lowest BCUT2D eigenvalue weighted by Gasteiger charge is -2.37. The maximum absolute atomic E-state index is 14.7. The number of carbonyl (C=O) groups is 3. The van der Waals surface area contributed by atoms with Gasteiger partial charge in [-0.2, -0.15) is 0 Å². The molecule has 5 atom stereocenters. The number of carbonyl (C=O) groups excluding carboxylic acids is 3. The number of likely N-dealkylation sites (tertiary alicyclic amines) is 1. The fraction of sp³-hybridized carbons (Fsp3) is 0.457. The molecule has 3 aliphatic rings. The predicted molar refractivity (Wildman–Crippen MR) is 169 cm³/mol. The summed E-state index contributed by atoms with van der Waals surface area (Å²) in [6.45, 7) is 10.5. The predicted octanol–water partition coefficient (Wildman–Crippen LogP) is 4.36. The van der Waals surface area contributed by atoms with Gasteiger partial charge in [-0.05, 0) is 68.5 Å². The molecular weight excluding hydrogens is 558 g/mol. The standard InChI is InChI=1S/C35H43N3O6/c1-5-21-36(25-13-9-8-10-14-25)31(40)28-29-32(41)38(23-11-12-24-39)30(35(29)20-19-34(28,7-3)44-35)33(42)37(22-6-2)26-15-17-27(43-4)18-16-26/h5-6,8-10,13-18,28-30,39H,1-2,7,11-12,19-24H2,3-4H3/t28-,29-,30?,34+,35?/m0/s1. The molecule has 44 heavy (non-hydrogen) atoms. The molecule has 3 amide bonds. The van der Waals surface area contributed by atoms with E-state index in [-0.39, 0.29) is 44.0 Å². The number of para-hydroxylation sites is 1. The van der Waals surface area contributed by atoms with E-state index < -0.39 is 29.1 Å². The summed E-state index contributed by atoms with van der Waals surface area (Å²) in [4.78, 5) is 48.8. The Morgan fingerprint density at radius 3 is 2.23 bits per heavy atom. The van der Waals surface area contributed by atoms with Crippen molar-refractivity contribution in [1.29, 1.82) is 0 Å². The quantitative estimate of drug-likeness (QED) is 0.255. The van der Waals surface area contributed by atoms with E-state index in [1.165, 1.54) is 0 Å². The number of aliphatic hydroxyl groups is 1. The smallest absolute Gasteiger partial charge is 0.253 e. The summed E-state index contributed by atoms with van der Waals surface area (Å²) in [5.74, 6) is -1.63. The highest BCUT2D eigenvalue weighted by Gasteiger charge is 2.79. The number of unbranched alkanes of at least 4 members (excludes halogenated alkanes) is 1. The lowest BCUT2D eigenvalue weighted by atomic mass is 9.64. The van der Waals surface area contributed by atoms with Crippen LogP contribution in [0.2, 0.25) is 0 Å². The van der Waals surface area contributed by atoms with Crippen molar-refractivity contribution in [2.45, 2.75) is 56.3 Å². The second kappa shape index (κ2) is 13.0. The molecular formula is C35H43N3O6. The first kappa shape index (κ1) is 31.5. The van der Waals surface area contributed by atoms with Crippen LogP contribution in [0.15, 0.2) is 79.9 Å². The summed E-state index contributed by atoms with van der Waals surface area (Å²) in [5.41, 5.74) is -0.670. The normalized spacial score (nSPS) is 26.8. The lowest BCUT2D eigenvalue weighted by molar-refractivity contribution is -0.146. The Hall–Kier alpha value is -3.95. The second-order valence-electron chi connectivity index (χ2n) is 11.8. The molecule has 0 aliphatic carbocycles. The molecule has 9 heteroatoms. The van der Waals surface area contributed by atoms with Crippen molar-refractivity contribution >= 4 is 29.1 Å². The van der Waals surface area contributed by atoms with Crippen molar-refractivity contribution < 1.29 is 29.0 Å². The second-order valence-corrected chi connectivity index (χ2v) is 11.8. The number of methoxy groups -OCH3 is 1. The Morgan fingerprint density at radius 1 is 1.00 bits per heavy atom. The summed E-state index contributed by atoms with van der Waals surface area (Å²) in [7, 11) is 1.58. The molecule has 3 aliphatic heterocycles. The first-order valence-corrected chi connectivity index (χ1v) is 15.5. The Bertz CT molecular complexity index is 1380. The molecule has 3 fully saturated rings. The third kappa shape index (κ3) is 5.12. The Balaban J connectivity index is 1.59. The maximum atomic E-state index is 14.7. The van der Waals surface area contributed by atoms with Crippen LogP contribution >= 0.6 is 0 Å². The Morgan fingerprint density at radius 2 is 1.64 bits per heavy atom. The molecule has 9 nitrogen and oxygen atoms in total. The number of nitrogens with zero attached hydrogens (tertiary/aromatic N) is 3. The molecule has 0 radical (unpaired) electrons. The average Bonchev–Trinajstić information content (AvgIpc) is 3.66. The van der Waals surface area contributed by atoms with Gasteiger partial charge in [0.25, 0.3) is 5.91 Å². The molecule has 5 rings (SSSR count). The first-order valence-electron chi connectivity index (χ1n) is 15.5. The first-order chi connectivity index (χ1) is 21.3. The fourth-order valence-corrected chi connectivity index (χ4v) is 7.60. The number of hydrogen-bond acceptors (Lipinski definition) is 6. The van der Waals surface area contributed by atoms with E-state index in [9.17, 15) is 19.5 Å². The topological polar surface area (TPSA) is 99.6 Å². The number of amides is 3. The monoisotopic (exact) mass is 601 g/mol. The van der Waals surface area contributed by atoms with Gasteiger partial charge >= 0.3 is 0 Å². The average molecular weight is 602 g/mol. The minimum absolute atomic E-state index is 0.0200. The third-order valence-corrected chi connectivity index (χ3v) is 9.60. The highest BCUT2D eigenvalue weighted by atomic mass is 16.5. The van der Waals surface area contributed by atoms with Crippen molar-refractivity contribution in [3.05, 3.63) is 79.9 Å². The van der Waals surface area contributed by atoms with Crippen molar-refractivity contribution in [1.82, 2.24) is 4.90 Å². The van der Waals surface area contributed by atoms with Crippen molar-refractivity contribution in [2.24, 2.45) is 11.8 Å². The Labute approximate surface area is 259 Å². The zero-order valence-electron chi connectivity index (χ0n) is 25.7. The number of fused-ring (bicyclic) bond motifs is 1. The van der Waals surface area contributed by atoms with Crippen LogP contribution in [0.5, 0.6) is 5.75 Å². The lowest BCUT2D eigenvalue weighted by Crippen LogP contribution is -2.56. The van der Waals surface area contributed by atoms with Crippen molar-refractivity contribution in [3.8, 4) is 5.75 Å². The highest BCUT2D eigenvalue weighted by Crippen LogP contribution is 2.64. The van der Waals surface area contributed by atoms with Gasteiger partial charge < -0.3 is 29.3 Å². The van der Waals surface area contributed by atoms with E-state index in [1.54, 1.807) is 46.1 Å². The van der Waals surface area contributed by atoms with Crippen LogP contribution in [0.4, 0.5) is 11.4 Å². The summed E-state index contributed by atoms with van der Waals surface area (Å²) in [6, 6.07) is 15.6. The molecule has 0 aromatic heterocycles. The van der Waals surface area contributed by atoms with E-state index in [2.05, 4.69) is 13.2 Å². The van der Waals surface area contributed by atoms with Gasteiger partial charge in [-0.15, -0.1) is 13.2 Å². The molecule has 2 aromatic rings. The summed E-state index contributed by atoms with van der Waals surface area (Å²) in [6.07, 6.45) is 5.93. The molecule has 2 aromatic carbocycles. The number of aliphatic hydroxyl groups excluding tert-OH is 1. The minimum atomic E-state index is -1.16. The van der Waals surface area contributed by atoms with Gasteiger partial charge in [-0.1, -0.05) is 37.3 Å². The van der Waals surface area contributed by atoms with Crippen LogP contribution in [0.3, 0.4) is 0 Å². The molecule has 1 spiro atoms. The number of hydrogen-bond donors (Lipinski definition) is 1. The molecule has 0 saturated carbocycles. The highest BCUT2D eigenvalue weighted by molar-refractivity contribution is 6.06.